The fourth-order valence-corrected chi connectivity index (χ4v) is 4.48. The van der Waals surface area contributed by atoms with Crippen molar-refractivity contribution < 1.29 is 36.9 Å². The van der Waals surface area contributed by atoms with Gasteiger partial charge in [-0.05, 0) is 41.8 Å². The lowest BCUT2D eigenvalue weighted by Gasteiger charge is -2.33. The molecule has 0 aliphatic carbocycles. The minimum Gasteiger partial charge on any atom is -0.493 e. The third-order valence-corrected chi connectivity index (χ3v) is 6.37. The van der Waals surface area contributed by atoms with Crippen LogP contribution in [0.3, 0.4) is 0 Å². The van der Waals surface area contributed by atoms with Gasteiger partial charge in [-0.15, -0.1) is 0 Å². The van der Waals surface area contributed by atoms with Gasteiger partial charge in [0.1, 0.15) is 5.82 Å². The van der Waals surface area contributed by atoms with Crippen LogP contribution in [0.15, 0.2) is 42.5 Å². The van der Waals surface area contributed by atoms with Crippen LogP contribution in [0.1, 0.15) is 40.1 Å². The van der Waals surface area contributed by atoms with Crippen LogP contribution >= 0.6 is 0 Å². The molecule has 1 aromatic heterocycles. The molecule has 37 heavy (non-hydrogen) atoms. The summed E-state index contributed by atoms with van der Waals surface area (Å²) in [5.41, 5.74) is 1.41. The predicted octanol–water partition coefficient (Wildman–Crippen LogP) is 4.26. The fourth-order valence-electron chi connectivity index (χ4n) is 4.48. The summed E-state index contributed by atoms with van der Waals surface area (Å²) in [6.07, 6.45) is -4.37. The molecule has 2 N–H and O–H groups in total. The van der Waals surface area contributed by atoms with Gasteiger partial charge in [-0.1, -0.05) is 12.1 Å². The lowest BCUT2D eigenvalue weighted by atomic mass is 9.96. The van der Waals surface area contributed by atoms with Crippen molar-refractivity contribution in [2.45, 2.75) is 31.1 Å². The molecule has 2 aliphatic heterocycles. The molecule has 3 aromatic rings. The summed E-state index contributed by atoms with van der Waals surface area (Å²) in [7, 11) is 3.07. The van der Waals surface area contributed by atoms with Gasteiger partial charge in [0.2, 0.25) is 6.79 Å². The van der Waals surface area contributed by atoms with E-state index in [1.165, 1.54) is 20.3 Å². The first kappa shape index (κ1) is 24.6. The molecule has 0 unspecified atom stereocenters. The highest BCUT2D eigenvalue weighted by atomic mass is 19.4. The molecule has 0 saturated heterocycles. The maximum atomic E-state index is 14.0. The SMILES string of the molecule is COc1ccc(CCNC(=O)c2cc3n(n2)[C@@H](C(F)(F)F)C[C@@H](c2ccc4c(c2)OCO4)N3)cc1OC. The van der Waals surface area contributed by atoms with E-state index in [0.29, 0.717) is 35.0 Å². The minimum absolute atomic E-state index is 0.0688. The molecule has 0 saturated carbocycles. The Hall–Kier alpha value is -4.09. The molecule has 3 heterocycles. The van der Waals surface area contributed by atoms with Crippen LogP contribution in [0.2, 0.25) is 0 Å². The largest absolute Gasteiger partial charge is 0.493 e. The number of hydrogen-bond acceptors (Lipinski definition) is 7. The highest BCUT2D eigenvalue weighted by Gasteiger charge is 2.47. The highest BCUT2D eigenvalue weighted by molar-refractivity contribution is 5.93. The quantitative estimate of drug-likeness (QED) is 0.483. The predicted molar refractivity (Wildman–Crippen MR) is 126 cm³/mol. The van der Waals surface area contributed by atoms with Crippen molar-refractivity contribution in [3.8, 4) is 23.0 Å². The van der Waals surface area contributed by atoms with Crippen molar-refractivity contribution in [1.82, 2.24) is 15.1 Å². The van der Waals surface area contributed by atoms with Gasteiger partial charge in [-0.2, -0.15) is 18.3 Å². The van der Waals surface area contributed by atoms with Crippen LogP contribution in [0.25, 0.3) is 0 Å². The molecular weight excluding hydrogens is 493 g/mol. The summed E-state index contributed by atoms with van der Waals surface area (Å²) in [5, 5.41) is 9.81. The second kappa shape index (κ2) is 9.75. The topological polar surface area (TPSA) is 95.9 Å². The number of nitrogens with zero attached hydrogens (tertiary/aromatic N) is 2. The molecule has 0 bridgehead atoms. The number of nitrogens with one attached hydrogen (secondary N) is 2. The standard InChI is InChI=1S/C25H25F3N4O5/c1-34-18-5-3-14(9-20(18)35-2)7-8-29-24(33)17-12-23-30-16(11-22(25(26,27)28)32(23)31-17)15-4-6-19-21(10-15)37-13-36-19/h3-6,9-10,12,16,22,30H,7-8,11,13H2,1-2H3,(H,29,33)/t16-,22+/m0/s1. The first-order chi connectivity index (χ1) is 17.8. The van der Waals surface area contributed by atoms with Crippen LogP contribution in [0.4, 0.5) is 19.0 Å². The summed E-state index contributed by atoms with van der Waals surface area (Å²) < 4.78 is 64.0. The van der Waals surface area contributed by atoms with Gasteiger partial charge in [0, 0.05) is 19.0 Å². The van der Waals surface area contributed by atoms with E-state index in [9.17, 15) is 18.0 Å². The van der Waals surface area contributed by atoms with Crippen LogP contribution in [-0.2, 0) is 6.42 Å². The van der Waals surface area contributed by atoms with Crippen LogP contribution in [0, 0.1) is 0 Å². The Kier molecular flexibility index (Phi) is 6.48. The summed E-state index contributed by atoms with van der Waals surface area (Å²) in [5.74, 6) is 1.73. The second-order valence-corrected chi connectivity index (χ2v) is 8.66. The van der Waals surface area contributed by atoms with Gasteiger partial charge in [0.05, 0.1) is 20.3 Å². The molecule has 0 fully saturated rings. The van der Waals surface area contributed by atoms with Gasteiger partial charge in [0.15, 0.2) is 34.7 Å². The number of carbonyl (C=O) groups excluding carboxylic acids is 1. The Bertz CT molecular complexity index is 1310. The van der Waals surface area contributed by atoms with Gasteiger partial charge < -0.3 is 29.6 Å². The summed E-state index contributed by atoms with van der Waals surface area (Å²) >= 11 is 0. The molecule has 196 valence electrons. The first-order valence-corrected chi connectivity index (χ1v) is 11.6. The Labute approximate surface area is 210 Å². The number of fused-ring (bicyclic) bond motifs is 2. The molecule has 2 aromatic carbocycles. The number of amides is 1. The summed E-state index contributed by atoms with van der Waals surface area (Å²) in [6, 6.07) is 9.23. The van der Waals surface area contributed by atoms with Gasteiger partial charge >= 0.3 is 6.18 Å². The molecule has 5 rings (SSSR count). The number of benzene rings is 2. The van der Waals surface area contributed by atoms with E-state index in [0.717, 1.165) is 10.2 Å². The monoisotopic (exact) mass is 518 g/mol. The number of rotatable bonds is 7. The van der Waals surface area contributed by atoms with E-state index in [-0.39, 0.29) is 31.3 Å². The van der Waals surface area contributed by atoms with Gasteiger partial charge in [-0.25, -0.2) is 4.68 Å². The molecule has 0 radical (unpaired) electrons. The molecule has 12 heteroatoms. The van der Waals surface area contributed by atoms with Crippen molar-refractivity contribution in [2.24, 2.45) is 0 Å². The molecular formula is C25H25F3N4O5. The van der Waals surface area contributed by atoms with Gasteiger partial charge in [0.25, 0.3) is 5.91 Å². The lowest BCUT2D eigenvalue weighted by molar-refractivity contribution is -0.173. The van der Waals surface area contributed by atoms with Crippen LogP contribution < -0.4 is 29.6 Å². The van der Waals surface area contributed by atoms with E-state index in [2.05, 4.69) is 15.7 Å². The van der Waals surface area contributed by atoms with Crippen molar-refractivity contribution in [3.63, 3.8) is 0 Å². The Morgan fingerprint density at radius 3 is 2.65 bits per heavy atom. The lowest BCUT2D eigenvalue weighted by Crippen LogP contribution is -2.35. The maximum absolute atomic E-state index is 14.0. The molecule has 2 aliphatic rings. The number of alkyl halides is 3. The zero-order valence-corrected chi connectivity index (χ0v) is 20.1. The molecule has 0 spiro atoms. The molecule has 9 nitrogen and oxygen atoms in total. The van der Waals surface area contributed by atoms with E-state index in [1.54, 1.807) is 30.3 Å². The average Bonchev–Trinajstić information content (AvgIpc) is 3.53. The summed E-state index contributed by atoms with van der Waals surface area (Å²) in [6.45, 7) is 0.325. The van der Waals surface area contributed by atoms with Crippen molar-refractivity contribution in [2.75, 3.05) is 32.9 Å². The number of methoxy groups -OCH3 is 2. The van der Waals surface area contributed by atoms with Crippen molar-refractivity contribution in [1.29, 1.82) is 0 Å². The number of ether oxygens (including phenoxy) is 4. The Balaban J connectivity index is 1.30. The van der Waals surface area contributed by atoms with Crippen molar-refractivity contribution >= 4 is 11.7 Å². The third-order valence-electron chi connectivity index (χ3n) is 6.37. The first-order valence-electron chi connectivity index (χ1n) is 11.6. The van der Waals surface area contributed by atoms with E-state index < -0.39 is 24.2 Å². The minimum atomic E-state index is -4.56. The van der Waals surface area contributed by atoms with Gasteiger partial charge in [-0.3, -0.25) is 4.79 Å². The fraction of sp³-hybridized carbons (Fsp3) is 0.360. The van der Waals surface area contributed by atoms with E-state index in [1.807, 2.05) is 6.07 Å². The highest BCUT2D eigenvalue weighted by Crippen LogP contribution is 2.45. The normalized spacial score (nSPS) is 18.1. The van der Waals surface area contributed by atoms with Crippen LogP contribution in [-0.4, -0.2) is 49.4 Å². The Morgan fingerprint density at radius 2 is 1.89 bits per heavy atom. The smallest absolute Gasteiger partial charge is 0.410 e. The van der Waals surface area contributed by atoms with Crippen molar-refractivity contribution in [3.05, 3.63) is 59.3 Å². The van der Waals surface area contributed by atoms with E-state index >= 15 is 0 Å². The average molecular weight is 518 g/mol. The number of halogens is 3. The zero-order valence-electron chi connectivity index (χ0n) is 20.1. The van der Waals surface area contributed by atoms with Crippen LogP contribution in [0.5, 0.6) is 23.0 Å². The number of aromatic nitrogens is 2. The maximum Gasteiger partial charge on any atom is 0.410 e. The number of hydrogen-bond donors (Lipinski definition) is 2. The Morgan fingerprint density at radius 1 is 1.11 bits per heavy atom. The number of carbonyl (C=O) groups is 1. The second-order valence-electron chi connectivity index (χ2n) is 8.66. The van der Waals surface area contributed by atoms with E-state index in [4.69, 9.17) is 18.9 Å². The third kappa shape index (κ3) is 4.95. The summed E-state index contributed by atoms with van der Waals surface area (Å²) in [4.78, 5) is 12.7. The number of anilines is 1. The zero-order chi connectivity index (χ0) is 26.2. The molecule has 1 amide bonds. The molecule has 2 atom stereocenters.